The number of carbonyl (C=O) groups excluding carboxylic acids is 1. The number of carbonyl (C=O) groups is 2. The van der Waals surface area contributed by atoms with E-state index in [-0.39, 0.29) is 5.91 Å². The zero-order valence-corrected chi connectivity index (χ0v) is 12.8. The number of aromatic nitrogens is 1. The Kier molecular flexibility index (Phi) is 3.80. The first-order valence-corrected chi connectivity index (χ1v) is 7.34. The second-order valence-corrected chi connectivity index (χ2v) is 5.91. The smallest absolute Gasteiger partial charge is 0.327 e. The number of piperazine rings is 1. The lowest BCUT2D eigenvalue weighted by atomic mass is 10.1. The highest BCUT2D eigenvalue weighted by Gasteiger charge is 2.35. The molecule has 1 aromatic carbocycles. The van der Waals surface area contributed by atoms with Gasteiger partial charge in [0, 0.05) is 25.0 Å². The molecule has 116 valence electrons. The number of nitrogens with zero attached hydrogens (tertiary/aromatic N) is 2. The van der Waals surface area contributed by atoms with Crippen LogP contribution in [0.4, 0.5) is 0 Å². The molecular formula is C15H16ClN3O3. The molecule has 1 aliphatic heterocycles. The molecule has 1 aliphatic rings. The van der Waals surface area contributed by atoms with Crippen molar-refractivity contribution in [2.45, 2.75) is 6.04 Å². The summed E-state index contributed by atoms with van der Waals surface area (Å²) >= 11 is 6.10. The number of benzene rings is 1. The topological polar surface area (TPSA) is 76.6 Å². The number of para-hydroxylation sites is 1. The predicted molar refractivity (Wildman–Crippen MR) is 83.3 cm³/mol. The van der Waals surface area contributed by atoms with Gasteiger partial charge in [-0.3, -0.25) is 4.79 Å². The second kappa shape index (κ2) is 5.62. The fourth-order valence-corrected chi connectivity index (χ4v) is 2.99. The van der Waals surface area contributed by atoms with E-state index in [1.807, 2.05) is 24.1 Å². The zero-order chi connectivity index (χ0) is 15.9. The van der Waals surface area contributed by atoms with Crippen LogP contribution in [0.2, 0.25) is 5.02 Å². The molecule has 7 heteroatoms. The van der Waals surface area contributed by atoms with Crippen LogP contribution in [0.5, 0.6) is 0 Å². The van der Waals surface area contributed by atoms with Crippen LogP contribution in [0.3, 0.4) is 0 Å². The molecule has 1 saturated heterocycles. The van der Waals surface area contributed by atoms with Crippen LogP contribution in [0.25, 0.3) is 10.9 Å². The van der Waals surface area contributed by atoms with E-state index in [0.717, 1.165) is 5.39 Å². The summed E-state index contributed by atoms with van der Waals surface area (Å²) in [4.78, 5) is 30.4. The minimum absolute atomic E-state index is 0.312. The molecule has 6 nitrogen and oxygen atoms in total. The Balaban J connectivity index is 1.94. The number of rotatable bonds is 2. The summed E-state index contributed by atoms with van der Waals surface area (Å²) in [5.74, 6) is -1.30. The number of hydrogen-bond acceptors (Lipinski definition) is 3. The number of hydrogen-bond donors (Lipinski definition) is 2. The molecular weight excluding hydrogens is 306 g/mol. The van der Waals surface area contributed by atoms with Crippen LogP contribution in [0.15, 0.2) is 24.3 Å². The summed E-state index contributed by atoms with van der Waals surface area (Å²) in [6, 6.07) is 6.27. The van der Waals surface area contributed by atoms with Gasteiger partial charge >= 0.3 is 5.97 Å². The van der Waals surface area contributed by atoms with E-state index < -0.39 is 12.0 Å². The highest BCUT2D eigenvalue weighted by atomic mass is 35.5. The number of nitrogens with one attached hydrogen (secondary N) is 1. The van der Waals surface area contributed by atoms with Crippen LogP contribution >= 0.6 is 11.6 Å². The van der Waals surface area contributed by atoms with Gasteiger partial charge in [0.1, 0.15) is 11.7 Å². The molecule has 0 radical (unpaired) electrons. The van der Waals surface area contributed by atoms with E-state index in [9.17, 15) is 14.7 Å². The summed E-state index contributed by atoms with van der Waals surface area (Å²) in [5, 5.41) is 10.7. The van der Waals surface area contributed by atoms with Crippen LogP contribution < -0.4 is 0 Å². The molecule has 1 fully saturated rings. The van der Waals surface area contributed by atoms with E-state index in [2.05, 4.69) is 4.98 Å². The maximum absolute atomic E-state index is 12.7. The molecule has 0 aliphatic carbocycles. The van der Waals surface area contributed by atoms with Crippen LogP contribution in [0.1, 0.15) is 10.5 Å². The first-order valence-electron chi connectivity index (χ1n) is 6.97. The molecule has 2 heterocycles. The number of aromatic amines is 1. The van der Waals surface area contributed by atoms with Gasteiger partial charge in [0.25, 0.3) is 5.91 Å². The Morgan fingerprint density at radius 1 is 1.36 bits per heavy atom. The van der Waals surface area contributed by atoms with E-state index in [1.54, 1.807) is 12.1 Å². The van der Waals surface area contributed by atoms with Gasteiger partial charge < -0.3 is 19.9 Å². The molecule has 22 heavy (non-hydrogen) atoms. The first-order chi connectivity index (χ1) is 10.5. The fraction of sp³-hybridized carbons (Fsp3) is 0.333. The molecule has 3 rings (SSSR count). The normalized spacial score (nSPS) is 19.5. The first kappa shape index (κ1) is 14.9. The summed E-state index contributed by atoms with van der Waals surface area (Å²) in [6.45, 7) is 1.36. The van der Waals surface area contributed by atoms with Gasteiger partial charge in [-0.25, -0.2) is 4.79 Å². The number of carboxylic acid groups (broad SMARTS) is 1. The third-order valence-corrected chi connectivity index (χ3v) is 4.28. The van der Waals surface area contributed by atoms with Crippen molar-refractivity contribution in [1.29, 1.82) is 0 Å². The highest BCUT2D eigenvalue weighted by Crippen LogP contribution is 2.24. The lowest BCUT2D eigenvalue weighted by molar-refractivity contribution is -0.144. The standard InChI is InChI=1S/C15H16ClN3O3/c1-18-5-6-19(12(8-18)15(21)22)14(20)11-7-9-3-2-4-10(16)13(9)17-11/h2-4,7,12,17H,5-6,8H2,1H3,(H,21,22). The number of amides is 1. The number of H-pyrrole nitrogens is 1. The van der Waals surface area contributed by atoms with Crippen molar-refractivity contribution in [2.24, 2.45) is 0 Å². The minimum atomic E-state index is -0.992. The number of aliphatic carboxylic acids is 1. The molecule has 2 aromatic rings. The van der Waals surface area contributed by atoms with Gasteiger partial charge in [-0.15, -0.1) is 0 Å². The Morgan fingerprint density at radius 2 is 2.14 bits per heavy atom. The summed E-state index contributed by atoms with van der Waals surface area (Å²) < 4.78 is 0. The van der Waals surface area contributed by atoms with Crippen molar-refractivity contribution >= 4 is 34.4 Å². The summed E-state index contributed by atoms with van der Waals surface area (Å²) in [6.07, 6.45) is 0. The van der Waals surface area contributed by atoms with Gasteiger partial charge in [-0.05, 0) is 19.2 Å². The van der Waals surface area contributed by atoms with E-state index >= 15 is 0 Å². The van der Waals surface area contributed by atoms with Crippen molar-refractivity contribution in [1.82, 2.24) is 14.8 Å². The second-order valence-electron chi connectivity index (χ2n) is 5.50. The molecule has 1 unspecified atom stereocenters. The molecule has 0 bridgehead atoms. The average molecular weight is 322 g/mol. The molecule has 1 atom stereocenters. The van der Waals surface area contributed by atoms with Crippen molar-refractivity contribution in [3.63, 3.8) is 0 Å². The number of fused-ring (bicyclic) bond motifs is 1. The highest BCUT2D eigenvalue weighted by molar-refractivity contribution is 6.35. The van der Waals surface area contributed by atoms with Crippen molar-refractivity contribution in [3.8, 4) is 0 Å². The Labute approximate surface area is 132 Å². The molecule has 2 N–H and O–H groups in total. The quantitative estimate of drug-likeness (QED) is 0.882. The molecule has 1 amide bonds. The van der Waals surface area contributed by atoms with E-state index in [1.165, 1.54) is 4.90 Å². The average Bonchev–Trinajstić information content (AvgIpc) is 2.92. The SMILES string of the molecule is CN1CCN(C(=O)c2cc3cccc(Cl)c3[nH]2)C(C(=O)O)C1. The number of likely N-dealkylation sites (N-methyl/N-ethyl adjacent to an activating group) is 1. The number of halogens is 1. The van der Waals surface area contributed by atoms with Crippen LogP contribution in [0, 0.1) is 0 Å². The van der Waals surface area contributed by atoms with Crippen LogP contribution in [-0.2, 0) is 4.79 Å². The Hall–Kier alpha value is -2.05. The minimum Gasteiger partial charge on any atom is -0.480 e. The summed E-state index contributed by atoms with van der Waals surface area (Å²) in [5.41, 5.74) is 1.05. The van der Waals surface area contributed by atoms with Crippen molar-refractivity contribution in [2.75, 3.05) is 26.7 Å². The third-order valence-electron chi connectivity index (χ3n) is 3.97. The van der Waals surface area contributed by atoms with E-state index in [0.29, 0.717) is 35.9 Å². The third kappa shape index (κ3) is 2.55. The maximum Gasteiger partial charge on any atom is 0.327 e. The van der Waals surface area contributed by atoms with Gasteiger partial charge in [-0.1, -0.05) is 23.7 Å². The zero-order valence-electron chi connectivity index (χ0n) is 12.0. The van der Waals surface area contributed by atoms with Crippen molar-refractivity contribution in [3.05, 3.63) is 35.0 Å². The number of carboxylic acids is 1. The van der Waals surface area contributed by atoms with Gasteiger partial charge in [0.05, 0.1) is 10.5 Å². The van der Waals surface area contributed by atoms with Gasteiger partial charge in [0.2, 0.25) is 0 Å². The lowest BCUT2D eigenvalue weighted by Gasteiger charge is -2.37. The van der Waals surface area contributed by atoms with E-state index in [4.69, 9.17) is 11.6 Å². The largest absolute Gasteiger partial charge is 0.480 e. The van der Waals surface area contributed by atoms with Crippen LogP contribution in [-0.4, -0.2) is 64.5 Å². The fourth-order valence-electron chi connectivity index (χ4n) is 2.76. The molecule has 0 spiro atoms. The maximum atomic E-state index is 12.7. The van der Waals surface area contributed by atoms with Crippen molar-refractivity contribution < 1.29 is 14.7 Å². The van der Waals surface area contributed by atoms with Gasteiger partial charge in [0.15, 0.2) is 0 Å². The monoisotopic (exact) mass is 321 g/mol. The molecule has 0 saturated carbocycles. The predicted octanol–water partition coefficient (Wildman–Crippen LogP) is 1.66. The summed E-state index contributed by atoms with van der Waals surface area (Å²) in [7, 11) is 1.85. The Morgan fingerprint density at radius 3 is 2.82 bits per heavy atom. The molecule has 1 aromatic heterocycles. The van der Waals surface area contributed by atoms with Gasteiger partial charge in [-0.2, -0.15) is 0 Å². The Bertz CT molecular complexity index is 743. The lowest BCUT2D eigenvalue weighted by Crippen LogP contribution is -2.57.